The first kappa shape index (κ1) is 20.3. The average Bonchev–Trinajstić information content (AvgIpc) is 3.00. The lowest BCUT2D eigenvalue weighted by atomic mass is 9.96. The summed E-state index contributed by atoms with van der Waals surface area (Å²) in [7, 11) is 0. The number of nitrogens with zero attached hydrogens (tertiary/aromatic N) is 2. The Morgan fingerprint density at radius 1 is 1.17 bits per heavy atom. The Balaban J connectivity index is 1.98. The molecule has 1 unspecified atom stereocenters. The van der Waals surface area contributed by atoms with E-state index in [4.69, 9.17) is 4.74 Å². The molecule has 1 aliphatic heterocycles. The number of carbonyl (C=O) groups excluding carboxylic acids is 3. The largest absolute Gasteiger partial charge is 0.503 e. The predicted molar refractivity (Wildman–Crippen MR) is 106 cm³/mol. The van der Waals surface area contributed by atoms with Crippen molar-refractivity contribution < 1.29 is 24.2 Å². The molecule has 0 saturated carbocycles. The fourth-order valence-electron chi connectivity index (χ4n) is 3.35. The Kier molecular flexibility index (Phi) is 6.07. The topological polar surface area (TPSA) is 96.8 Å². The van der Waals surface area contributed by atoms with Crippen LogP contribution in [0, 0.1) is 0 Å². The fourth-order valence-corrected chi connectivity index (χ4v) is 3.35. The van der Waals surface area contributed by atoms with Crippen molar-refractivity contribution in [3.05, 3.63) is 71.3 Å². The quantitative estimate of drug-likeness (QED) is 0.725. The number of aliphatic hydroxyl groups excluding tert-OH is 1. The minimum atomic E-state index is -0.764. The van der Waals surface area contributed by atoms with Crippen molar-refractivity contribution in [3.63, 3.8) is 0 Å². The van der Waals surface area contributed by atoms with Crippen molar-refractivity contribution in [2.75, 3.05) is 11.5 Å². The van der Waals surface area contributed by atoms with Crippen LogP contribution in [-0.4, -0.2) is 34.4 Å². The molecule has 29 heavy (non-hydrogen) atoms. The number of ether oxygens (including phenoxy) is 1. The Morgan fingerprint density at radius 3 is 2.48 bits per heavy atom. The highest BCUT2D eigenvalue weighted by Crippen LogP contribution is 2.41. The van der Waals surface area contributed by atoms with Gasteiger partial charge in [0.2, 0.25) is 0 Å². The minimum Gasteiger partial charge on any atom is -0.503 e. The number of aromatic nitrogens is 1. The van der Waals surface area contributed by atoms with Gasteiger partial charge in [-0.15, -0.1) is 0 Å². The van der Waals surface area contributed by atoms with Gasteiger partial charge in [0, 0.05) is 24.5 Å². The third kappa shape index (κ3) is 4.03. The van der Waals surface area contributed by atoms with E-state index in [1.807, 2.05) is 0 Å². The molecule has 150 valence electrons. The lowest BCUT2D eigenvalue weighted by molar-refractivity contribution is -0.142. The molecule has 0 fully saturated rings. The molecule has 7 heteroatoms. The molecule has 1 amide bonds. The smallest absolute Gasteiger partial charge is 0.310 e. The Bertz CT molecular complexity index is 951. The molecule has 1 N–H and O–H groups in total. The fraction of sp³-hybridized carbons (Fsp3) is 0.273. The molecule has 2 heterocycles. The maximum absolute atomic E-state index is 12.8. The van der Waals surface area contributed by atoms with Crippen LogP contribution in [0.3, 0.4) is 0 Å². The van der Waals surface area contributed by atoms with Gasteiger partial charge in [0.05, 0.1) is 24.6 Å². The van der Waals surface area contributed by atoms with Gasteiger partial charge in [-0.25, -0.2) is 0 Å². The molecule has 0 spiro atoms. The van der Waals surface area contributed by atoms with Crippen LogP contribution < -0.4 is 4.90 Å². The molecule has 0 radical (unpaired) electrons. The van der Waals surface area contributed by atoms with Gasteiger partial charge in [-0.05, 0) is 36.2 Å². The molecular formula is C22H22N2O5. The van der Waals surface area contributed by atoms with Crippen molar-refractivity contribution in [3.8, 4) is 0 Å². The van der Waals surface area contributed by atoms with Crippen molar-refractivity contribution in [2.24, 2.45) is 0 Å². The molecule has 1 aliphatic rings. The summed E-state index contributed by atoms with van der Waals surface area (Å²) in [6, 6.07) is 9.51. The summed E-state index contributed by atoms with van der Waals surface area (Å²) >= 11 is 0. The average molecular weight is 394 g/mol. The number of esters is 1. The van der Waals surface area contributed by atoms with E-state index in [1.54, 1.807) is 62.6 Å². The van der Waals surface area contributed by atoms with Crippen LogP contribution in [0.4, 0.5) is 5.69 Å². The molecule has 2 aromatic rings. The van der Waals surface area contributed by atoms with E-state index < -0.39 is 17.7 Å². The summed E-state index contributed by atoms with van der Waals surface area (Å²) in [4.78, 5) is 42.5. The van der Waals surface area contributed by atoms with Crippen LogP contribution in [0.15, 0.2) is 60.1 Å². The number of pyridine rings is 1. The maximum atomic E-state index is 12.8. The molecule has 0 saturated heterocycles. The molecular weight excluding hydrogens is 372 g/mol. The number of aliphatic hydroxyl groups is 1. The number of Topliss-reactive ketones (excluding diaryl/α,β-unsaturated/α-hetero) is 1. The first-order valence-electron chi connectivity index (χ1n) is 9.42. The first-order valence-corrected chi connectivity index (χ1v) is 9.42. The summed E-state index contributed by atoms with van der Waals surface area (Å²) in [6.45, 7) is 3.73. The number of hydrogen-bond acceptors (Lipinski definition) is 6. The highest BCUT2D eigenvalue weighted by Gasteiger charge is 2.43. The van der Waals surface area contributed by atoms with E-state index in [9.17, 15) is 19.5 Å². The zero-order valence-electron chi connectivity index (χ0n) is 16.3. The second kappa shape index (κ2) is 8.68. The van der Waals surface area contributed by atoms with Gasteiger partial charge < -0.3 is 9.84 Å². The molecule has 7 nitrogen and oxygen atoms in total. The lowest BCUT2D eigenvalue weighted by Gasteiger charge is -2.26. The van der Waals surface area contributed by atoms with Crippen LogP contribution in [0.1, 0.15) is 37.4 Å². The number of anilines is 1. The van der Waals surface area contributed by atoms with Gasteiger partial charge in [0.25, 0.3) is 5.91 Å². The van der Waals surface area contributed by atoms with Crippen molar-refractivity contribution in [1.82, 2.24) is 4.98 Å². The standard InChI is InChI=1S/C22H22N2O5/c1-3-17(25)19-20(15-6-5-11-23-13-15)24(22(28)21(19)27)16-9-7-14(8-10-16)12-18(26)29-4-2/h5-11,13,20,27H,3-4,12H2,1-2H3. The predicted octanol–water partition coefficient (Wildman–Crippen LogP) is 3.07. The first-order chi connectivity index (χ1) is 14.0. The lowest BCUT2D eigenvalue weighted by Crippen LogP contribution is -2.31. The monoisotopic (exact) mass is 394 g/mol. The van der Waals surface area contributed by atoms with Crippen LogP contribution in [0.25, 0.3) is 0 Å². The van der Waals surface area contributed by atoms with Crippen molar-refractivity contribution >= 4 is 23.3 Å². The molecule has 0 aliphatic carbocycles. The minimum absolute atomic E-state index is 0.0705. The van der Waals surface area contributed by atoms with Crippen LogP contribution in [-0.2, 0) is 25.5 Å². The number of rotatable bonds is 7. The van der Waals surface area contributed by atoms with Crippen molar-refractivity contribution in [1.29, 1.82) is 0 Å². The molecule has 1 aromatic carbocycles. The summed E-state index contributed by atoms with van der Waals surface area (Å²) in [5.74, 6) is -1.82. The third-order valence-electron chi connectivity index (χ3n) is 4.70. The van der Waals surface area contributed by atoms with E-state index in [0.717, 1.165) is 5.56 Å². The number of amides is 1. The van der Waals surface area contributed by atoms with Gasteiger partial charge in [0.1, 0.15) is 0 Å². The van der Waals surface area contributed by atoms with Crippen LogP contribution in [0.5, 0.6) is 0 Å². The Labute approximate surface area is 168 Å². The Morgan fingerprint density at radius 2 is 1.90 bits per heavy atom. The van der Waals surface area contributed by atoms with Gasteiger partial charge in [-0.2, -0.15) is 0 Å². The Hall–Kier alpha value is -3.48. The van der Waals surface area contributed by atoms with Crippen LogP contribution >= 0.6 is 0 Å². The van der Waals surface area contributed by atoms with Gasteiger partial charge in [-0.3, -0.25) is 24.3 Å². The zero-order chi connectivity index (χ0) is 21.0. The van der Waals surface area contributed by atoms with Gasteiger partial charge in [0.15, 0.2) is 11.5 Å². The summed E-state index contributed by atoms with van der Waals surface area (Å²) in [5, 5.41) is 10.4. The van der Waals surface area contributed by atoms with Gasteiger partial charge >= 0.3 is 5.97 Å². The number of hydrogen-bond donors (Lipinski definition) is 1. The maximum Gasteiger partial charge on any atom is 0.310 e. The summed E-state index contributed by atoms with van der Waals surface area (Å²) in [5.41, 5.74) is 1.93. The number of carbonyl (C=O) groups is 3. The highest BCUT2D eigenvalue weighted by atomic mass is 16.5. The SMILES string of the molecule is CCOC(=O)Cc1ccc(N2C(=O)C(O)=C(C(=O)CC)C2c2cccnc2)cc1. The van der Waals surface area contributed by atoms with E-state index in [2.05, 4.69) is 4.98 Å². The normalized spacial score (nSPS) is 16.3. The van der Waals surface area contributed by atoms with Crippen LogP contribution in [0.2, 0.25) is 0 Å². The third-order valence-corrected chi connectivity index (χ3v) is 4.70. The summed E-state index contributed by atoms with van der Waals surface area (Å²) < 4.78 is 4.95. The van der Waals surface area contributed by atoms with E-state index in [1.165, 1.54) is 4.90 Å². The summed E-state index contributed by atoms with van der Waals surface area (Å²) in [6.07, 6.45) is 3.45. The molecule has 3 rings (SSSR count). The molecule has 1 atom stereocenters. The zero-order valence-corrected chi connectivity index (χ0v) is 16.3. The highest BCUT2D eigenvalue weighted by molar-refractivity contribution is 6.16. The van der Waals surface area contributed by atoms with Crippen molar-refractivity contribution in [2.45, 2.75) is 32.7 Å². The van der Waals surface area contributed by atoms with E-state index >= 15 is 0 Å². The van der Waals surface area contributed by atoms with E-state index in [-0.39, 0.29) is 30.2 Å². The second-order valence-electron chi connectivity index (χ2n) is 6.55. The second-order valence-corrected chi connectivity index (χ2v) is 6.55. The molecule has 0 bridgehead atoms. The molecule has 1 aromatic heterocycles. The van der Waals surface area contributed by atoms with E-state index in [0.29, 0.717) is 17.9 Å². The van der Waals surface area contributed by atoms with Gasteiger partial charge in [-0.1, -0.05) is 25.1 Å². The number of ketones is 1. The number of benzene rings is 1.